The molecule has 1 aromatic heterocycles. The number of H-pyrrole nitrogens is 1. The second-order valence-corrected chi connectivity index (χ2v) is 5.25. The molecule has 0 unspecified atom stereocenters. The highest BCUT2D eigenvalue weighted by Gasteiger charge is 2.10. The van der Waals surface area contributed by atoms with E-state index in [9.17, 15) is 4.79 Å². The second kappa shape index (κ2) is 6.51. The minimum absolute atomic E-state index is 0.201. The second-order valence-electron chi connectivity index (χ2n) is 4.21. The molecular weight excluding hydrogens is 276 g/mol. The Morgan fingerprint density at radius 1 is 1.45 bits per heavy atom. The summed E-state index contributed by atoms with van der Waals surface area (Å²) in [5.41, 5.74) is 6.28. The fourth-order valence-corrected chi connectivity index (χ4v) is 2.61. The molecule has 0 aliphatic rings. The lowest BCUT2D eigenvalue weighted by Crippen LogP contribution is -2.15. The van der Waals surface area contributed by atoms with E-state index in [1.54, 1.807) is 10.6 Å². The van der Waals surface area contributed by atoms with E-state index in [4.69, 9.17) is 10.5 Å². The first-order valence-electron chi connectivity index (χ1n) is 6.51. The molecule has 0 amide bonds. The number of nitrogens with two attached hydrogens (primary N) is 1. The van der Waals surface area contributed by atoms with Crippen molar-refractivity contribution < 1.29 is 4.74 Å². The van der Waals surface area contributed by atoms with Crippen molar-refractivity contribution in [3.05, 3.63) is 28.7 Å². The summed E-state index contributed by atoms with van der Waals surface area (Å²) in [6, 6.07) is 5.56. The number of hydrogen-bond acceptors (Lipinski definition) is 5. The van der Waals surface area contributed by atoms with Gasteiger partial charge in [0.15, 0.2) is 5.16 Å². The fourth-order valence-electron chi connectivity index (χ4n) is 1.68. The van der Waals surface area contributed by atoms with Crippen LogP contribution in [-0.4, -0.2) is 21.4 Å². The van der Waals surface area contributed by atoms with Crippen LogP contribution in [0.2, 0.25) is 0 Å². The van der Waals surface area contributed by atoms with Crippen LogP contribution in [0.15, 0.2) is 33.0 Å². The largest absolute Gasteiger partial charge is 0.491 e. The minimum Gasteiger partial charge on any atom is -0.491 e. The maximum atomic E-state index is 11.5. The number of ether oxygens (including phenoxy) is 1. The lowest BCUT2D eigenvalue weighted by Gasteiger charge is -2.09. The predicted molar refractivity (Wildman–Crippen MR) is 79.3 cm³/mol. The van der Waals surface area contributed by atoms with Gasteiger partial charge in [-0.2, -0.15) is 0 Å². The molecular formula is C13H18N4O2S. The third kappa shape index (κ3) is 3.16. The molecule has 0 aliphatic carbocycles. The molecule has 0 atom stereocenters. The number of nitrogens with zero attached hydrogens (tertiary/aromatic N) is 2. The minimum atomic E-state index is -0.201. The number of aromatic nitrogens is 3. The normalized spacial score (nSPS) is 10.7. The van der Waals surface area contributed by atoms with E-state index in [2.05, 4.69) is 10.2 Å². The monoisotopic (exact) mass is 294 g/mol. The van der Waals surface area contributed by atoms with Crippen LogP contribution in [0.1, 0.15) is 20.3 Å². The molecule has 0 saturated carbocycles. The molecule has 0 radical (unpaired) electrons. The maximum Gasteiger partial charge on any atom is 0.343 e. The Morgan fingerprint density at radius 3 is 2.95 bits per heavy atom. The summed E-state index contributed by atoms with van der Waals surface area (Å²) in [7, 11) is 0. The Balaban J connectivity index is 2.22. The molecule has 20 heavy (non-hydrogen) atoms. The Hall–Kier alpha value is -1.89. The number of nitrogens with one attached hydrogen (secondary N) is 1. The molecule has 1 heterocycles. The van der Waals surface area contributed by atoms with Gasteiger partial charge < -0.3 is 10.5 Å². The summed E-state index contributed by atoms with van der Waals surface area (Å²) in [5, 5.41) is 7.09. The first-order chi connectivity index (χ1) is 9.65. The SMILES string of the molecule is CCCOc1cc(Sc2n[nH]c(=O)n2CC)ccc1N. The highest BCUT2D eigenvalue weighted by molar-refractivity contribution is 7.99. The first-order valence-corrected chi connectivity index (χ1v) is 7.32. The van der Waals surface area contributed by atoms with Crippen LogP contribution in [0, 0.1) is 0 Å². The van der Waals surface area contributed by atoms with E-state index in [0.29, 0.717) is 29.7 Å². The Labute approximate surface area is 121 Å². The van der Waals surface area contributed by atoms with Crippen molar-refractivity contribution in [3.63, 3.8) is 0 Å². The topological polar surface area (TPSA) is 85.9 Å². The van der Waals surface area contributed by atoms with E-state index >= 15 is 0 Å². The van der Waals surface area contributed by atoms with Crippen molar-refractivity contribution in [2.75, 3.05) is 12.3 Å². The van der Waals surface area contributed by atoms with Crippen molar-refractivity contribution >= 4 is 17.4 Å². The van der Waals surface area contributed by atoms with Gasteiger partial charge in [0.05, 0.1) is 12.3 Å². The zero-order chi connectivity index (χ0) is 14.5. The molecule has 108 valence electrons. The summed E-state index contributed by atoms with van der Waals surface area (Å²) in [4.78, 5) is 12.4. The summed E-state index contributed by atoms with van der Waals surface area (Å²) >= 11 is 1.40. The van der Waals surface area contributed by atoms with Crippen molar-refractivity contribution in [3.8, 4) is 5.75 Å². The third-order valence-electron chi connectivity index (χ3n) is 2.70. The fraction of sp³-hybridized carbons (Fsp3) is 0.385. The van der Waals surface area contributed by atoms with Gasteiger partial charge in [-0.15, -0.1) is 5.10 Å². The summed E-state index contributed by atoms with van der Waals surface area (Å²) < 4.78 is 7.17. The van der Waals surface area contributed by atoms with E-state index in [-0.39, 0.29) is 5.69 Å². The smallest absolute Gasteiger partial charge is 0.343 e. The van der Waals surface area contributed by atoms with E-state index in [1.165, 1.54) is 11.8 Å². The summed E-state index contributed by atoms with van der Waals surface area (Å²) in [6.45, 7) is 5.14. The van der Waals surface area contributed by atoms with Crippen LogP contribution in [0.5, 0.6) is 5.75 Å². The lowest BCUT2D eigenvalue weighted by molar-refractivity contribution is 0.318. The third-order valence-corrected chi connectivity index (χ3v) is 3.68. The van der Waals surface area contributed by atoms with Gasteiger partial charge in [0.1, 0.15) is 5.75 Å². The number of rotatable bonds is 6. The molecule has 3 N–H and O–H groups in total. The molecule has 2 aromatic rings. The Kier molecular flexibility index (Phi) is 4.73. The molecule has 2 rings (SSSR count). The van der Waals surface area contributed by atoms with Gasteiger partial charge in [0.25, 0.3) is 0 Å². The van der Waals surface area contributed by atoms with Crippen molar-refractivity contribution in [2.45, 2.75) is 36.9 Å². The lowest BCUT2D eigenvalue weighted by atomic mass is 10.3. The van der Waals surface area contributed by atoms with E-state index in [1.807, 2.05) is 26.0 Å². The van der Waals surface area contributed by atoms with E-state index in [0.717, 1.165) is 11.3 Å². The van der Waals surface area contributed by atoms with Crippen LogP contribution in [0.3, 0.4) is 0 Å². The standard InChI is InChI=1S/C13H18N4O2S/c1-3-7-19-11-8-9(5-6-10(11)14)20-13-16-15-12(18)17(13)4-2/h5-6,8H,3-4,7,14H2,1-2H3,(H,15,18). The van der Waals surface area contributed by atoms with Crippen LogP contribution in [-0.2, 0) is 6.54 Å². The molecule has 6 nitrogen and oxygen atoms in total. The number of aromatic amines is 1. The summed E-state index contributed by atoms with van der Waals surface area (Å²) in [5.74, 6) is 0.665. The predicted octanol–water partition coefficient (Wildman–Crippen LogP) is 2.11. The molecule has 0 spiro atoms. The Morgan fingerprint density at radius 2 is 2.25 bits per heavy atom. The summed E-state index contributed by atoms with van der Waals surface area (Å²) in [6.07, 6.45) is 0.922. The number of benzene rings is 1. The van der Waals surface area contributed by atoms with Crippen molar-refractivity contribution in [2.24, 2.45) is 0 Å². The van der Waals surface area contributed by atoms with Gasteiger partial charge in [-0.3, -0.25) is 4.57 Å². The van der Waals surface area contributed by atoms with Crippen molar-refractivity contribution in [1.29, 1.82) is 0 Å². The first kappa shape index (κ1) is 14.5. The van der Waals surface area contributed by atoms with Crippen molar-refractivity contribution in [1.82, 2.24) is 14.8 Å². The van der Waals surface area contributed by atoms with Gasteiger partial charge >= 0.3 is 5.69 Å². The number of nitrogen functional groups attached to an aromatic ring is 1. The van der Waals surface area contributed by atoms with E-state index < -0.39 is 0 Å². The average Bonchev–Trinajstić information content (AvgIpc) is 2.79. The molecule has 0 bridgehead atoms. The zero-order valence-corrected chi connectivity index (χ0v) is 12.4. The average molecular weight is 294 g/mol. The molecule has 0 saturated heterocycles. The highest BCUT2D eigenvalue weighted by Crippen LogP contribution is 2.31. The van der Waals surface area contributed by atoms with Gasteiger partial charge in [0.2, 0.25) is 0 Å². The quantitative estimate of drug-likeness (QED) is 0.797. The van der Waals surface area contributed by atoms with Crippen LogP contribution < -0.4 is 16.2 Å². The molecule has 7 heteroatoms. The molecule has 1 aromatic carbocycles. The van der Waals surface area contributed by atoms with Gasteiger partial charge in [-0.05, 0) is 43.3 Å². The Bertz CT molecular complexity index is 636. The van der Waals surface area contributed by atoms with Gasteiger partial charge in [-0.1, -0.05) is 6.92 Å². The number of hydrogen-bond donors (Lipinski definition) is 2. The van der Waals surface area contributed by atoms with Gasteiger partial charge in [0, 0.05) is 11.4 Å². The van der Waals surface area contributed by atoms with Gasteiger partial charge in [-0.25, -0.2) is 9.89 Å². The van der Waals surface area contributed by atoms with Crippen LogP contribution >= 0.6 is 11.8 Å². The maximum absolute atomic E-state index is 11.5. The molecule has 0 fully saturated rings. The number of anilines is 1. The van der Waals surface area contributed by atoms with Crippen LogP contribution in [0.4, 0.5) is 5.69 Å². The van der Waals surface area contributed by atoms with Crippen LogP contribution in [0.25, 0.3) is 0 Å². The highest BCUT2D eigenvalue weighted by atomic mass is 32.2. The zero-order valence-electron chi connectivity index (χ0n) is 11.5. The molecule has 0 aliphatic heterocycles.